The molecule has 1 rings (SSSR count). The van der Waals surface area contributed by atoms with E-state index in [-0.39, 0.29) is 0 Å². The molecule has 132 valence electrons. The quantitative estimate of drug-likeness (QED) is 0.210. The number of H-pyrrole nitrogens is 1. The molecule has 0 aliphatic heterocycles. The molecule has 24 heavy (non-hydrogen) atoms. The van der Waals surface area contributed by atoms with Crippen molar-refractivity contribution in [1.29, 1.82) is 0 Å². The van der Waals surface area contributed by atoms with Crippen LogP contribution >= 0.6 is 24.4 Å². The number of nitrogens with zero attached hydrogens (tertiary/aromatic N) is 1. The van der Waals surface area contributed by atoms with Gasteiger partial charge >= 0.3 is 0 Å². The Morgan fingerprint density at radius 1 is 1.54 bits per heavy atom. The van der Waals surface area contributed by atoms with E-state index in [1.807, 2.05) is 31.3 Å². The second kappa shape index (κ2) is 13.6. The van der Waals surface area contributed by atoms with Gasteiger partial charge in [-0.2, -0.15) is 0 Å². The van der Waals surface area contributed by atoms with Gasteiger partial charge in [0.05, 0.1) is 22.7 Å². The van der Waals surface area contributed by atoms with Gasteiger partial charge in [-0.25, -0.2) is 4.98 Å². The van der Waals surface area contributed by atoms with Gasteiger partial charge in [0.15, 0.2) is 0 Å². The van der Waals surface area contributed by atoms with Crippen molar-refractivity contribution < 1.29 is 0 Å². The van der Waals surface area contributed by atoms with Crippen molar-refractivity contribution in [2.24, 2.45) is 11.5 Å². The molecule has 0 spiro atoms. The summed E-state index contributed by atoms with van der Waals surface area (Å²) >= 11 is 5.71. The van der Waals surface area contributed by atoms with Crippen LogP contribution < -0.4 is 16.8 Å². The maximum atomic E-state index is 5.33. The third kappa shape index (κ3) is 10.8. The van der Waals surface area contributed by atoms with E-state index in [2.05, 4.69) is 41.1 Å². The van der Waals surface area contributed by atoms with Crippen LogP contribution in [0.5, 0.6) is 0 Å². The monoisotopic (exact) mass is 365 g/mol. The highest BCUT2D eigenvalue weighted by atomic mass is 32.2. The maximum absolute atomic E-state index is 5.33. The van der Waals surface area contributed by atoms with Gasteiger partial charge in [0.2, 0.25) is 0 Å². The van der Waals surface area contributed by atoms with Crippen molar-refractivity contribution in [2.45, 2.75) is 20.4 Å². The summed E-state index contributed by atoms with van der Waals surface area (Å²) in [4.78, 5) is 7.59. The fourth-order valence-electron chi connectivity index (χ4n) is 1.41. The molecule has 0 saturated heterocycles. The number of nitrogens with one attached hydrogen (secondary N) is 2. The lowest BCUT2D eigenvalue weighted by molar-refractivity contribution is 0.755. The molecule has 5 nitrogen and oxygen atoms in total. The number of imidazole rings is 1. The number of allylic oxidation sites excluding steroid dienone is 6. The predicted molar refractivity (Wildman–Crippen MR) is 111 cm³/mol. The Morgan fingerprint density at radius 2 is 2.21 bits per heavy atom. The smallest absolute Gasteiger partial charge is 0.120 e. The van der Waals surface area contributed by atoms with Crippen LogP contribution in [0.2, 0.25) is 0 Å². The first kappa shape index (κ1) is 22.2. The molecule has 0 bridgehead atoms. The first-order valence-corrected chi connectivity index (χ1v) is 8.72. The number of nitrogens with two attached hydrogens (primary N) is 2. The third-order valence-corrected chi connectivity index (χ3v) is 3.70. The van der Waals surface area contributed by atoms with Crippen LogP contribution in [0.3, 0.4) is 0 Å². The molecule has 0 amide bonds. The van der Waals surface area contributed by atoms with Crippen molar-refractivity contribution in [3.05, 3.63) is 71.3 Å². The topological polar surface area (TPSA) is 92.8 Å². The largest absolute Gasteiger partial charge is 0.403 e. The van der Waals surface area contributed by atoms with Crippen LogP contribution in [0.4, 0.5) is 0 Å². The molecule has 1 aromatic heterocycles. The van der Waals surface area contributed by atoms with Crippen molar-refractivity contribution in [2.75, 3.05) is 5.88 Å². The predicted octanol–water partition coefficient (Wildman–Crippen LogP) is 3.50. The summed E-state index contributed by atoms with van der Waals surface area (Å²) in [6, 6.07) is 0. The molecule has 0 unspecified atom stereocenters. The van der Waals surface area contributed by atoms with Gasteiger partial charge < -0.3 is 21.8 Å². The Kier molecular flexibility index (Phi) is 12.6. The average Bonchev–Trinajstić information content (AvgIpc) is 3.00. The number of thioether (sulfide) groups is 1. The van der Waals surface area contributed by atoms with Crippen LogP contribution in [-0.4, -0.2) is 15.8 Å². The second-order valence-electron chi connectivity index (χ2n) is 4.66. The summed E-state index contributed by atoms with van der Waals surface area (Å²) in [6.45, 7) is 11.5. The Bertz CT molecular complexity index is 596. The van der Waals surface area contributed by atoms with E-state index >= 15 is 0 Å². The van der Waals surface area contributed by atoms with E-state index in [0.29, 0.717) is 12.2 Å². The fraction of sp³-hybridized carbons (Fsp3) is 0.235. The zero-order valence-corrected chi connectivity index (χ0v) is 16.0. The minimum absolute atomic E-state index is 0.659. The number of thiol groups is 1. The van der Waals surface area contributed by atoms with Crippen LogP contribution in [0, 0.1) is 0 Å². The lowest BCUT2D eigenvalue weighted by Gasteiger charge is -2.02. The SMILES string of the molecule is C=C(C)N.C=C/C(=C\C=C/C)c1cnc(CNCS/C(S)=C\N)[nH]1. The van der Waals surface area contributed by atoms with Gasteiger partial charge in [0.25, 0.3) is 0 Å². The fourth-order valence-corrected chi connectivity index (χ4v) is 2.05. The van der Waals surface area contributed by atoms with E-state index in [1.165, 1.54) is 18.0 Å². The molecule has 0 fully saturated rings. The maximum Gasteiger partial charge on any atom is 0.120 e. The molecule has 0 aromatic carbocycles. The first-order valence-electron chi connectivity index (χ1n) is 7.29. The molecule has 0 aliphatic rings. The van der Waals surface area contributed by atoms with Gasteiger partial charge in [0, 0.05) is 12.1 Å². The minimum atomic E-state index is 0.659. The molecule has 1 aromatic rings. The summed E-state index contributed by atoms with van der Waals surface area (Å²) in [5.74, 6) is 1.61. The number of hydrogen-bond donors (Lipinski definition) is 5. The van der Waals surface area contributed by atoms with Crippen molar-refractivity contribution in [3.63, 3.8) is 0 Å². The lowest BCUT2D eigenvalue weighted by Crippen LogP contribution is -2.13. The first-order chi connectivity index (χ1) is 11.4. The molecule has 1 heterocycles. The minimum Gasteiger partial charge on any atom is -0.403 e. The molecule has 0 radical (unpaired) electrons. The van der Waals surface area contributed by atoms with Gasteiger partial charge in [-0.15, -0.1) is 24.4 Å². The normalized spacial score (nSPS) is 12.0. The molecule has 0 atom stereocenters. The van der Waals surface area contributed by atoms with Crippen molar-refractivity contribution in [1.82, 2.24) is 15.3 Å². The van der Waals surface area contributed by atoms with Gasteiger partial charge in [-0.05, 0) is 25.1 Å². The molecular weight excluding hydrogens is 338 g/mol. The number of rotatable bonds is 8. The standard InChI is InChI=1S/C14H20N4S2.C3H7N/c1-3-5-6-11(4-2)12-8-17-13(18-12)9-16-10-20-14(19)7-15;1-3(2)4/h3-8,16,19H,2,9-10,15H2,1H3,(H,17,18);1,4H2,2H3/b5-3-,11-6+,14-7-;. The van der Waals surface area contributed by atoms with Crippen molar-refractivity contribution >= 4 is 30.0 Å². The Hall–Kier alpha value is -1.83. The Morgan fingerprint density at radius 3 is 2.75 bits per heavy atom. The summed E-state index contributed by atoms with van der Waals surface area (Å²) in [6.07, 6.45) is 11.0. The highest BCUT2D eigenvalue weighted by Gasteiger charge is 2.02. The Labute approximate surface area is 154 Å². The van der Waals surface area contributed by atoms with Gasteiger partial charge in [-0.1, -0.05) is 37.5 Å². The number of aromatic amines is 1. The zero-order chi connectivity index (χ0) is 18.4. The Balaban J connectivity index is 0.00000118. The van der Waals surface area contributed by atoms with Gasteiger partial charge in [0.1, 0.15) is 5.82 Å². The average molecular weight is 366 g/mol. The zero-order valence-electron chi connectivity index (χ0n) is 14.2. The van der Waals surface area contributed by atoms with Crippen LogP contribution in [-0.2, 0) is 6.54 Å². The van der Waals surface area contributed by atoms with E-state index in [1.54, 1.807) is 13.0 Å². The highest BCUT2D eigenvalue weighted by molar-refractivity contribution is 8.15. The molecule has 0 aliphatic carbocycles. The molecular formula is C17H27N5S2. The third-order valence-electron chi connectivity index (χ3n) is 2.38. The summed E-state index contributed by atoms with van der Waals surface area (Å²) in [5.41, 5.74) is 12.9. The van der Waals surface area contributed by atoms with E-state index in [0.717, 1.165) is 27.2 Å². The molecule has 0 saturated carbocycles. The van der Waals surface area contributed by atoms with Crippen molar-refractivity contribution in [3.8, 4) is 0 Å². The van der Waals surface area contributed by atoms with Crippen LogP contribution in [0.1, 0.15) is 25.4 Å². The molecule has 7 heteroatoms. The van der Waals surface area contributed by atoms with E-state index in [9.17, 15) is 0 Å². The summed E-state index contributed by atoms with van der Waals surface area (Å²) in [5, 5.41) is 3.25. The lowest BCUT2D eigenvalue weighted by atomic mass is 10.2. The van der Waals surface area contributed by atoms with E-state index in [4.69, 9.17) is 11.5 Å². The highest BCUT2D eigenvalue weighted by Crippen LogP contribution is 2.16. The van der Waals surface area contributed by atoms with Crippen LogP contribution in [0.15, 0.2) is 59.8 Å². The summed E-state index contributed by atoms with van der Waals surface area (Å²) in [7, 11) is 0. The van der Waals surface area contributed by atoms with Gasteiger partial charge in [-0.3, -0.25) is 0 Å². The van der Waals surface area contributed by atoms with Crippen LogP contribution in [0.25, 0.3) is 5.57 Å². The number of hydrogen-bond acceptors (Lipinski definition) is 6. The number of aromatic nitrogens is 2. The molecule has 6 N–H and O–H groups in total. The van der Waals surface area contributed by atoms with E-state index < -0.39 is 0 Å². The second-order valence-corrected chi connectivity index (χ2v) is 6.46. The summed E-state index contributed by atoms with van der Waals surface area (Å²) < 4.78 is 0.792.